The Morgan fingerprint density at radius 3 is 1.54 bits per heavy atom. The molecule has 4 aromatic rings. The average molecular weight is 360 g/mol. The van der Waals surface area contributed by atoms with Crippen LogP contribution in [0.25, 0.3) is 20.4 Å². The van der Waals surface area contributed by atoms with Crippen molar-refractivity contribution in [3.05, 3.63) is 36.4 Å². The van der Waals surface area contributed by atoms with Gasteiger partial charge in [-0.3, -0.25) is 0 Å². The van der Waals surface area contributed by atoms with E-state index in [1.54, 1.807) is 14.2 Å². The second-order valence-electron chi connectivity index (χ2n) is 4.77. The molecule has 0 spiro atoms. The van der Waals surface area contributed by atoms with Gasteiger partial charge in [-0.15, -0.1) is 0 Å². The summed E-state index contributed by atoms with van der Waals surface area (Å²) >= 11 is 2.94. The lowest BCUT2D eigenvalue weighted by atomic mass is 10.3. The van der Waals surface area contributed by atoms with Crippen LogP contribution < -0.4 is 20.9 Å². The van der Waals surface area contributed by atoms with E-state index in [0.29, 0.717) is 10.3 Å². The Bertz CT molecular complexity index is 901. The van der Waals surface area contributed by atoms with Gasteiger partial charge in [-0.2, -0.15) is 0 Å². The van der Waals surface area contributed by atoms with Gasteiger partial charge in [0.05, 0.1) is 34.7 Å². The van der Waals surface area contributed by atoms with Crippen LogP contribution in [0.5, 0.6) is 11.5 Å². The highest BCUT2D eigenvalue weighted by Crippen LogP contribution is 2.28. The normalized spacial score (nSPS) is 10.4. The van der Waals surface area contributed by atoms with Crippen molar-refractivity contribution in [1.82, 2.24) is 9.97 Å². The molecule has 2 heterocycles. The molecule has 0 aliphatic heterocycles. The summed E-state index contributed by atoms with van der Waals surface area (Å²) in [7, 11) is 3.29. The number of fused-ring (bicyclic) bond motifs is 2. The summed E-state index contributed by atoms with van der Waals surface area (Å²) < 4.78 is 12.3. The molecule has 24 heavy (non-hydrogen) atoms. The fourth-order valence-electron chi connectivity index (χ4n) is 2.10. The van der Waals surface area contributed by atoms with Crippen molar-refractivity contribution in [2.45, 2.75) is 0 Å². The second kappa shape index (κ2) is 6.90. The summed E-state index contributed by atoms with van der Waals surface area (Å²) in [5, 5.41) is 1.19. The maximum Gasteiger partial charge on any atom is 0.181 e. The lowest BCUT2D eigenvalue weighted by molar-refractivity contribution is 0.415. The Morgan fingerprint density at radius 2 is 1.17 bits per heavy atom. The van der Waals surface area contributed by atoms with Crippen LogP contribution in [0.15, 0.2) is 36.4 Å². The number of nitrogens with two attached hydrogens (primary N) is 2. The maximum absolute atomic E-state index is 5.55. The first-order chi connectivity index (χ1) is 11.6. The molecule has 0 saturated heterocycles. The van der Waals surface area contributed by atoms with Crippen LogP contribution in [0.1, 0.15) is 0 Å². The SMILES string of the molecule is COc1ccc2nc(N)sc2c1.COc1ccc2nc(N)sc2c1. The summed E-state index contributed by atoms with van der Waals surface area (Å²) in [6.07, 6.45) is 0. The van der Waals surface area contributed by atoms with E-state index in [9.17, 15) is 0 Å². The van der Waals surface area contributed by atoms with E-state index in [0.717, 1.165) is 31.9 Å². The first-order valence-electron chi connectivity index (χ1n) is 6.99. The van der Waals surface area contributed by atoms with Crippen LogP contribution in [0, 0.1) is 0 Å². The summed E-state index contributed by atoms with van der Waals surface area (Å²) in [5.74, 6) is 1.68. The van der Waals surface area contributed by atoms with Crippen LogP contribution in [0.2, 0.25) is 0 Å². The Hall–Kier alpha value is -2.58. The van der Waals surface area contributed by atoms with E-state index >= 15 is 0 Å². The van der Waals surface area contributed by atoms with Gasteiger partial charge in [0.1, 0.15) is 11.5 Å². The van der Waals surface area contributed by atoms with Crippen molar-refractivity contribution < 1.29 is 9.47 Å². The highest BCUT2D eigenvalue weighted by Gasteiger charge is 2.02. The lowest BCUT2D eigenvalue weighted by Crippen LogP contribution is -1.81. The predicted octanol–water partition coefficient (Wildman–Crippen LogP) is 3.77. The Kier molecular flexibility index (Phi) is 4.68. The number of methoxy groups -OCH3 is 2. The third kappa shape index (κ3) is 3.50. The number of rotatable bonds is 2. The molecule has 0 unspecified atom stereocenters. The van der Waals surface area contributed by atoms with Gasteiger partial charge in [0.25, 0.3) is 0 Å². The summed E-state index contributed by atoms with van der Waals surface area (Å²) in [6.45, 7) is 0. The van der Waals surface area contributed by atoms with Gasteiger partial charge in [-0.05, 0) is 36.4 Å². The number of ether oxygens (including phenoxy) is 2. The molecule has 4 N–H and O–H groups in total. The minimum Gasteiger partial charge on any atom is -0.497 e. The molecule has 0 aliphatic carbocycles. The van der Waals surface area contributed by atoms with Crippen LogP contribution >= 0.6 is 22.7 Å². The number of hydrogen-bond donors (Lipinski definition) is 2. The Balaban J connectivity index is 0.000000141. The lowest BCUT2D eigenvalue weighted by Gasteiger charge is -1.96. The number of anilines is 2. The monoisotopic (exact) mass is 360 g/mol. The van der Waals surface area contributed by atoms with E-state index in [1.807, 2.05) is 36.4 Å². The molecule has 0 amide bonds. The third-order valence-electron chi connectivity index (χ3n) is 3.22. The van der Waals surface area contributed by atoms with Gasteiger partial charge >= 0.3 is 0 Å². The minimum atomic E-state index is 0.596. The highest BCUT2D eigenvalue weighted by molar-refractivity contribution is 7.22. The predicted molar refractivity (Wildman–Crippen MR) is 101 cm³/mol. The number of hydrogen-bond acceptors (Lipinski definition) is 8. The van der Waals surface area contributed by atoms with Crippen molar-refractivity contribution >= 4 is 53.4 Å². The minimum absolute atomic E-state index is 0.596. The molecule has 0 fully saturated rings. The smallest absolute Gasteiger partial charge is 0.181 e. The Morgan fingerprint density at radius 1 is 0.750 bits per heavy atom. The molecule has 0 bridgehead atoms. The van der Waals surface area contributed by atoms with Gasteiger partial charge in [-0.25, -0.2) is 9.97 Å². The fourth-order valence-corrected chi connectivity index (χ4v) is 3.62. The fraction of sp³-hybridized carbons (Fsp3) is 0.125. The van der Waals surface area contributed by atoms with Gasteiger partial charge in [-0.1, -0.05) is 22.7 Å². The van der Waals surface area contributed by atoms with Crippen LogP contribution in [-0.4, -0.2) is 24.2 Å². The topological polar surface area (TPSA) is 96.3 Å². The summed E-state index contributed by atoms with van der Waals surface area (Å²) in [4.78, 5) is 8.26. The van der Waals surface area contributed by atoms with E-state index in [2.05, 4.69) is 9.97 Å². The standard InChI is InChI=1S/2C8H8N2OS/c2*1-11-5-2-3-6-7(4-5)12-8(9)10-6/h2*2-4H,1H3,(H2,9,10). The molecule has 0 aliphatic rings. The molecular weight excluding hydrogens is 344 g/mol. The van der Waals surface area contributed by atoms with Crippen molar-refractivity contribution in [2.24, 2.45) is 0 Å². The molecule has 2 aromatic carbocycles. The third-order valence-corrected chi connectivity index (χ3v) is 4.92. The quantitative estimate of drug-likeness (QED) is 0.565. The molecule has 8 heteroatoms. The molecule has 124 valence electrons. The molecule has 2 aromatic heterocycles. The highest BCUT2D eigenvalue weighted by atomic mass is 32.1. The molecular formula is C16H16N4O2S2. The zero-order valence-electron chi connectivity index (χ0n) is 13.1. The maximum atomic E-state index is 5.55. The van der Waals surface area contributed by atoms with Crippen molar-refractivity contribution in [1.29, 1.82) is 0 Å². The number of thiazole rings is 2. The molecule has 6 nitrogen and oxygen atoms in total. The van der Waals surface area contributed by atoms with Gasteiger partial charge in [0, 0.05) is 0 Å². The van der Waals surface area contributed by atoms with E-state index in [-0.39, 0.29) is 0 Å². The molecule has 0 radical (unpaired) electrons. The second-order valence-corrected chi connectivity index (χ2v) is 6.90. The van der Waals surface area contributed by atoms with Crippen molar-refractivity contribution in [2.75, 3.05) is 25.7 Å². The number of benzene rings is 2. The van der Waals surface area contributed by atoms with Gasteiger partial charge in [0.2, 0.25) is 0 Å². The zero-order chi connectivity index (χ0) is 17.1. The van der Waals surface area contributed by atoms with E-state index in [4.69, 9.17) is 20.9 Å². The van der Waals surface area contributed by atoms with Crippen molar-refractivity contribution in [3.8, 4) is 11.5 Å². The summed E-state index contributed by atoms with van der Waals surface area (Å²) in [6, 6.07) is 11.4. The number of aromatic nitrogens is 2. The van der Waals surface area contributed by atoms with Gasteiger partial charge in [0.15, 0.2) is 10.3 Å². The molecule has 0 saturated carbocycles. The van der Waals surface area contributed by atoms with E-state index < -0.39 is 0 Å². The number of nitrogen functional groups attached to an aromatic ring is 2. The average Bonchev–Trinajstić information content (AvgIpc) is 3.13. The van der Waals surface area contributed by atoms with E-state index in [1.165, 1.54) is 22.7 Å². The molecule has 4 rings (SSSR count). The number of nitrogens with zero attached hydrogens (tertiary/aromatic N) is 2. The van der Waals surface area contributed by atoms with Crippen molar-refractivity contribution in [3.63, 3.8) is 0 Å². The van der Waals surface area contributed by atoms with Crippen LogP contribution in [0.4, 0.5) is 10.3 Å². The first-order valence-corrected chi connectivity index (χ1v) is 8.62. The zero-order valence-corrected chi connectivity index (χ0v) is 14.8. The largest absolute Gasteiger partial charge is 0.497 e. The summed E-state index contributed by atoms with van der Waals surface area (Å²) in [5.41, 5.74) is 13.0. The Labute approximate surface area is 146 Å². The van der Waals surface area contributed by atoms with Crippen LogP contribution in [0.3, 0.4) is 0 Å². The molecule has 0 atom stereocenters. The van der Waals surface area contributed by atoms with Crippen LogP contribution in [-0.2, 0) is 0 Å². The van der Waals surface area contributed by atoms with Gasteiger partial charge < -0.3 is 20.9 Å². The first kappa shape index (κ1) is 16.3.